The highest BCUT2D eigenvalue weighted by atomic mass is 35.5. The van der Waals surface area contributed by atoms with Crippen molar-refractivity contribution >= 4 is 29.1 Å². The topological polar surface area (TPSA) is 99.9 Å². The molecule has 0 unspecified atom stereocenters. The summed E-state index contributed by atoms with van der Waals surface area (Å²) in [5.41, 5.74) is -0.371. The minimum atomic E-state index is -4.77. The van der Waals surface area contributed by atoms with E-state index in [1.54, 1.807) is 0 Å². The quantitative estimate of drug-likeness (QED) is 0.524. The Bertz CT molecular complexity index is 705. The standard InChI is InChI=1S/C9H5ClF3N5O2S/c10-4-1-2-6(5(3-4)18(19)20)21-8-16-15-7(17(8)14)9(11,12)13/h1-3H,14H2. The number of aromatic nitrogens is 3. The number of halogens is 4. The van der Waals surface area contributed by atoms with Gasteiger partial charge in [0.05, 0.1) is 9.82 Å². The zero-order valence-electron chi connectivity index (χ0n) is 9.83. The van der Waals surface area contributed by atoms with E-state index in [2.05, 4.69) is 10.2 Å². The summed E-state index contributed by atoms with van der Waals surface area (Å²) in [6.45, 7) is 0. The van der Waals surface area contributed by atoms with Gasteiger partial charge >= 0.3 is 6.18 Å². The fraction of sp³-hybridized carbons (Fsp3) is 0.111. The molecule has 0 aliphatic rings. The summed E-state index contributed by atoms with van der Waals surface area (Å²) in [5, 5.41) is 16.9. The van der Waals surface area contributed by atoms with Crippen molar-refractivity contribution in [2.24, 2.45) is 0 Å². The van der Waals surface area contributed by atoms with Gasteiger partial charge in [-0.1, -0.05) is 11.6 Å². The predicted molar refractivity (Wildman–Crippen MR) is 67.4 cm³/mol. The Hall–Kier alpha value is -2.01. The molecule has 0 fully saturated rings. The second-order valence-electron chi connectivity index (χ2n) is 3.65. The van der Waals surface area contributed by atoms with Gasteiger partial charge in [0.1, 0.15) is 0 Å². The van der Waals surface area contributed by atoms with Crippen LogP contribution in [0.5, 0.6) is 0 Å². The number of nitro benzene ring substituents is 1. The number of nitrogens with two attached hydrogens (primary N) is 1. The maximum absolute atomic E-state index is 12.5. The van der Waals surface area contributed by atoms with E-state index in [4.69, 9.17) is 17.4 Å². The number of hydrogen-bond donors (Lipinski definition) is 1. The normalized spacial score (nSPS) is 11.6. The molecule has 0 aliphatic heterocycles. The number of hydrogen-bond acceptors (Lipinski definition) is 6. The van der Waals surface area contributed by atoms with E-state index in [9.17, 15) is 23.3 Å². The second-order valence-corrected chi connectivity index (χ2v) is 5.09. The summed E-state index contributed by atoms with van der Waals surface area (Å²) < 4.78 is 37.8. The third-order valence-corrected chi connectivity index (χ3v) is 3.50. The minimum Gasteiger partial charge on any atom is -0.335 e. The van der Waals surface area contributed by atoms with Crippen LogP contribution in [0.4, 0.5) is 18.9 Å². The lowest BCUT2D eigenvalue weighted by Crippen LogP contribution is -2.21. The number of nitro groups is 1. The molecule has 21 heavy (non-hydrogen) atoms. The van der Waals surface area contributed by atoms with Crippen LogP contribution in [0.15, 0.2) is 28.3 Å². The molecule has 2 aromatic rings. The average Bonchev–Trinajstić information content (AvgIpc) is 2.72. The Balaban J connectivity index is 2.40. The van der Waals surface area contributed by atoms with Gasteiger partial charge in [0.2, 0.25) is 5.16 Å². The molecule has 7 nitrogen and oxygen atoms in total. The third-order valence-electron chi connectivity index (χ3n) is 2.24. The number of nitrogen functional groups attached to an aromatic ring is 1. The van der Waals surface area contributed by atoms with Crippen molar-refractivity contribution in [1.29, 1.82) is 0 Å². The smallest absolute Gasteiger partial charge is 0.335 e. The zero-order valence-corrected chi connectivity index (χ0v) is 11.4. The van der Waals surface area contributed by atoms with E-state index in [1.807, 2.05) is 0 Å². The molecule has 12 heteroatoms. The van der Waals surface area contributed by atoms with Crippen LogP contribution < -0.4 is 5.84 Å². The van der Waals surface area contributed by atoms with Gasteiger partial charge in [-0.05, 0) is 23.9 Å². The van der Waals surface area contributed by atoms with Gasteiger partial charge in [-0.15, -0.1) is 10.2 Å². The van der Waals surface area contributed by atoms with Crippen LogP contribution in [0.2, 0.25) is 5.02 Å². The molecule has 2 N–H and O–H groups in total. The highest BCUT2D eigenvalue weighted by molar-refractivity contribution is 7.99. The molecule has 0 saturated heterocycles. The van der Waals surface area contributed by atoms with Crippen LogP contribution in [0, 0.1) is 10.1 Å². The van der Waals surface area contributed by atoms with Crippen LogP contribution in [-0.2, 0) is 6.18 Å². The summed E-state index contributed by atoms with van der Waals surface area (Å²) in [6, 6.07) is 3.72. The van der Waals surface area contributed by atoms with Crippen molar-refractivity contribution in [2.45, 2.75) is 16.2 Å². The molecule has 1 aromatic heterocycles. The zero-order chi connectivity index (χ0) is 15.8. The van der Waals surface area contributed by atoms with E-state index < -0.39 is 16.9 Å². The van der Waals surface area contributed by atoms with Crippen LogP contribution in [0.25, 0.3) is 0 Å². The van der Waals surface area contributed by atoms with Crippen molar-refractivity contribution in [3.8, 4) is 0 Å². The Morgan fingerprint density at radius 1 is 1.38 bits per heavy atom. The number of nitrogens with zero attached hydrogens (tertiary/aromatic N) is 4. The van der Waals surface area contributed by atoms with Gasteiger partial charge < -0.3 is 5.84 Å². The van der Waals surface area contributed by atoms with Crippen molar-refractivity contribution in [3.63, 3.8) is 0 Å². The molecule has 0 bridgehead atoms. The molecule has 2 rings (SSSR count). The summed E-state index contributed by atoms with van der Waals surface area (Å²) >= 11 is 6.22. The first kappa shape index (κ1) is 15.4. The Morgan fingerprint density at radius 3 is 2.57 bits per heavy atom. The molecule has 0 saturated carbocycles. The largest absolute Gasteiger partial charge is 0.453 e. The van der Waals surface area contributed by atoms with Crippen LogP contribution in [0.1, 0.15) is 5.82 Å². The first-order valence-electron chi connectivity index (χ1n) is 5.09. The monoisotopic (exact) mass is 339 g/mol. The van der Waals surface area contributed by atoms with Gasteiger partial charge in [-0.25, -0.2) is 4.68 Å². The van der Waals surface area contributed by atoms with Gasteiger partial charge in [0, 0.05) is 11.1 Å². The Labute approximate surface area is 124 Å². The molecule has 0 atom stereocenters. The van der Waals surface area contributed by atoms with E-state index in [0.717, 1.165) is 6.07 Å². The molecular formula is C9H5ClF3N5O2S. The lowest BCUT2D eigenvalue weighted by Gasteiger charge is -2.06. The summed E-state index contributed by atoms with van der Waals surface area (Å²) in [5.74, 6) is 3.85. The SMILES string of the molecule is Nn1c(Sc2ccc(Cl)cc2[N+](=O)[O-])nnc1C(F)(F)F. The lowest BCUT2D eigenvalue weighted by molar-refractivity contribution is -0.387. The number of alkyl halides is 3. The van der Waals surface area contributed by atoms with E-state index in [-0.39, 0.29) is 25.4 Å². The van der Waals surface area contributed by atoms with Gasteiger partial charge in [-0.2, -0.15) is 13.2 Å². The van der Waals surface area contributed by atoms with Gasteiger partial charge in [-0.3, -0.25) is 10.1 Å². The fourth-order valence-electron chi connectivity index (χ4n) is 1.36. The molecule has 1 heterocycles. The predicted octanol–water partition coefficient (Wildman–Crippen LogP) is 2.72. The minimum absolute atomic E-state index is 0.0391. The van der Waals surface area contributed by atoms with E-state index in [0.29, 0.717) is 11.8 Å². The summed E-state index contributed by atoms with van der Waals surface area (Å²) in [6.07, 6.45) is -4.77. The molecule has 0 aliphatic carbocycles. The number of benzene rings is 1. The van der Waals surface area contributed by atoms with Gasteiger partial charge in [0.15, 0.2) is 0 Å². The average molecular weight is 340 g/mol. The Kier molecular flexibility index (Phi) is 3.96. The molecule has 0 spiro atoms. The van der Waals surface area contributed by atoms with Crippen molar-refractivity contribution < 1.29 is 18.1 Å². The molecule has 1 aromatic carbocycles. The third kappa shape index (κ3) is 3.19. The Morgan fingerprint density at radius 2 is 2.05 bits per heavy atom. The van der Waals surface area contributed by atoms with Crippen molar-refractivity contribution in [2.75, 3.05) is 5.84 Å². The van der Waals surface area contributed by atoms with Crippen LogP contribution in [-0.4, -0.2) is 19.8 Å². The molecule has 0 radical (unpaired) electrons. The first-order chi connectivity index (χ1) is 9.70. The number of rotatable bonds is 3. The van der Waals surface area contributed by atoms with E-state index in [1.165, 1.54) is 12.1 Å². The lowest BCUT2D eigenvalue weighted by atomic mass is 10.3. The van der Waals surface area contributed by atoms with Gasteiger partial charge in [0.25, 0.3) is 11.5 Å². The summed E-state index contributed by atoms with van der Waals surface area (Å²) in [4.78, 5) is 10.2. The maximum atomic E-state index is 12.5. The van der Waals surface area contributed by atoms with Crippen molar-refractivity contribution in [3.05, 3.63) is 39.2 Å². The molecule has 112 valence electrons. The summed E-state index contributed by atoms with van der Waals surface area (Å²) in [7, 11) is 0. The molecular weight excluding hydrogens is 335 g/mol. The van der Waals surface area contributed by atoms with Crippen LogP contribution >= 0.6 is 23.4 Å². The highest BCUT2D eigenvalue weighted by Crippen LogP contribution is 2.36. The molecule has 0 amide bonds. The first-order valence-corrected chi connectivity index (χ1v) is 6.29. The second kappa shape index (κ2) is 5.41. The van der Waals surface area contributed by atoms with E-state index >= 15 is 0 Å². The van der Waals surface area contributed by atoms with Crippen LogP contribution in [0.3, 0.4) is 0 Å². The van der Waals surface area contributed by atoms with Crippen molar-refractivity contribution in [1.82, 2.24) is 14.9 Å². The highest BCUT2D eigenvalue weighted by Gasteiger charge is 2.38. The maximum Gasteiger partial charge on any atom is 0.453 e. The fourth-order valence-corrected chi connectivity index (χ4v) is 2.36.